The fraction of sp³-hybridized carbons (Fsp3) is 0.700. The summed E-state index contributed by atoms with van der Waals surface area (Å²) in [4.78, 5) is 22.1. The maximum atomic E-state index is 11.6. The Hall–Kier alpha value is -1.66. The van der Waals surface area contributed by atoms with Crippen molar-refractivity contribution in [3.8, 4) is 0 Å². The number of hydrogen-bond donors (Lipinski definition) is 3. The van der Waals surface area contributed by atoms with E-state index < -0.39 is 30.3 Å². The summed E-state index contributed by atoms with van der Waals surface area (Å²) in [5, 5.41) is 28.8. The highest BCUT2D eigenvalue weighted by Gasteiger charge is 2.35. The highest BCUT2D eigenvalue weighted by molar-refractivity contribution is 5.71. The van der Waals surface area contributed by atoms with E-state index in [0.717, 1.165) is 19.3 Å². The predicted molar refractivity (Wildman–Crippen MR) is 98.5 cm³/mol. The Kier molecular flexibility index (Phi) is 10.9. The minimum absolute atomic E-state index is 0.0269. The number of aliphatic hydroxyl groups is 2. The summed E-state index contributed by atoms with van der Waals surface area (Å²) in [6.45, 7) is 2.10. The molecule has 1 aliphatic rings. The van der Waals surface area contributed by atoms with Crippen LogP contribution in [0.4, 0.5) is 0 Å². The van der Waals surface area contributed by atoms with Crippen molar-refractivity contribution in [3.05, 3.63) is 24.3 Å². The van der Waals surface area contributed by atoms with E-state index >= 15 is 0 Å². The fourth-order valence-electron chi connectivity index (χ4n) is 2.98. The van der Waals surface area contributed by atoms with Gasteiger partial charge < -0.3 is 20.1 Å². The molecular weight excluding hydrogens is 336 g/mol. The van der Waals surface area contributed by atoms with E-state index in [1.807, 2.05) is 12.2 Å². The Bertz CT molecular complexity index is 485. The summed E-state index contributed by atoms with van der Waals surface area (Å²) in [5.41, 5.74) is 0. The minimum Gasteiger partial charge on any atom is -0.481 e. The number of carbonyl (C=O) groups excluding carboxylic acids is 1. The van der Waals surface area contributed by atoms with Gasteiger partial charge in [0, 0.05) is 12.3 Å². The zero-order valence-corrected chi connectivity index (χ0v) is 15.5. The van der Waals surface area contributed by atoms with Gasteiger partial charge >= 0.3 is 11.9 Å². The zero-order chi connectivity index (χ0) is 19.4. The van der Waals surface area contributed by atoms with Crippen LogP contribution in [0.2, 0.25) is 0 Å². The summed E-state index contributed by atoms with van der Waals surface area (Å²) in [6.07, 6.45) is 10.8. The number of esters is 1. The second kappa shape index (κ2) is 12.7. The standard InChI is InChI=1S/C20H32O6/c1-2-3-6-9-15(21)12-13-18-16(17(22)14-20(25)26-18)10-7-4-5-8-11-19(23)24/h4,7,12-13,15-18,21-22H,2-3,5-6,8-11,14H2,1H3,(H,23,24)/b7-4?,13-12+/t15-,16-,17-,18+/m0/s1. The summed E-state index contributed by atoms with van der Waals surface area (Å²) in [6, 6.07) is 0. The normalized spacial score (nSPS) is 24.9. The number of carbonyl (C=O) groups is 2. The summed E-state index contributed by atoms with van der Waals surface area (Å²) >= 11 is 0. The van der Waals surface area contributed by atoms with Crippen LogP contribution in [-0.4, -0.2) is 45.6 Å². The van der Waals surface area contributed by atoms with Gasteiger partial charge in [-0.1, -0.05) is 44.4 Å². The average Bonchev–Trinajstić information content (AvgIpc) is 2.57. The maximum absolute atomic E-state index is 11.6. The van der Waals surface area contributed by atoms with Gasteiger partial charge in [-0.05, 0) is 31.8 Å². The third-order valence-corrected chi connectivity index (χ3v) is 4.52. The van der Waals surface area contributed by atoms with Crippen molar-refractivity contribution < 1.29 is 29.6 Å². The molecule has 148 valence electrons. The first-order chi connectivity index (χ1) is 12.4. The molecule has 26 heavy (non-hydrogen) atoms. The number of aliphatic hydroxyl groups excluding tert-OH is 2. The number of carboxylic acid groups (broad SMARTS) is 1. The predicted octanol–water partition coefficient (Wildman–Crippen LogP) is 2.98. The number of ether oxygens (including phenoxy) is 1. The molecule has 0 aromatic rings. The van der Waals surface area contributed by atoms with Gasteiger partial charge in [0.1, 0.15) is 6.10 Å². The van der Waals surface area contributed by atoms with Crippen LogP contribution in [-0.2, 0) is 14.3 Å². The SMILES string of the molecule is CCCCC[C@H](O)/C=C/[C@H]1OC(=O)C[C@H](O)[C@@H]1CC=CCCCC(=O)O. The molecule has 6 heteroatoms. The van der Waals surface area contributed by atoms with E-state index in [-0.39, 0.29) is 18.8 Å². The Labute approximate surface area is 155 Å². The number of hydrogen-bond acceptors (Lipinski definition) is 5. The molecule has 1 rings (SSSR count). The van der Waals surface area contributed by atoms with Gasteiger partial charge in [-0.2, -0.15) is 0 Å². The second-order valence-corrected chi connectivity index (χ2v) is 6.83. The lowest BCUT2D eigenvalue weighted by Crippen LogP contribution is -2.41. The fourth-order valence-corrected chi connectivity index (χ4v) is 2.98. The average molecular weight is 368 g/mol. The van der Waals surface area contributed by atoms with Gasteiger partial charge in [0.2, 0.25) is 0 Å². The number of rotatable bonds is 12. The Morgan fingerprint density at radius 1 is 1.31 bits per heavy atom. The van der Waals surface area contributed by atoms with Gasteiger partial charge in [0.25, 0.3) is 0 Å². The largest absolute Gasteiger partial charge is 0.481 e. The first-order valence-electron chi connectivity index (χ1n) is 9.54. The molecule has 1 heterocycles. The van der Waals surface area contributed by atoms with Gasteiger partial charge in [-0.3, -0.25) is 9.59 Å². The molecule has 0 saturated carbocycles. The molecule has 4 atom stereocenters. The number of carboxylic acids is 1. The van der Waals surface area contributed by atoms with Crippen molar-refractivity contribution in [2.24, 2.45) is 5.92 Å². The lowest BCUT2D eigenvalue weighted by atomic mass is 9.87. The molecule has 0 aliphatic carbocycles. The molecule has 0 bridgehead atoms. The number of aliphatic carboxylic acids is 1. The molecule has 1 fully saturated rings. The first kappa shape index (κ1) is 22.4. The van der Waals surface area contributed by atoms with E-state index in [2.05, 4.69) is 6.92 Å². The smallest absolute Gasteiger partial charge is 0.309 e. The van der Waals surface area contributed by atoms with Crippen LogP contribution in [0.3, 0.4) is 0 Å². The second-order valence-electron chi connectivity index (χ2n) is 6.83. The third kappa shape index (κ3) is 9.15. The van der Waals surface area contributed by atoms with Crippen molar-refractivity contribution in [2.45, 2.75) is 83.0 Å². The monoisotopic (exact) mass is 368 g/mol. The van der Waals surface area contributed by atoms with Gasteiger partial charge in [0.05, 0.1) is 18.6 Å². The van der Waals surface area contributed by atoms with Crippen molar-refractivity contribution in [1.82, 2.24) is 0 Å². The van der Waals surface area contributed by atoms with Crippen molar-refractivity contribution in [1.29, 1.82) is 0 Å². The summed E-state index contributed by atoms with van der Waals surface area (Å²) in [7, 11) is 0. The molecule has 6 nitrogen and oxygen atoms in total. The van der Waals surface area contributed by atoms with E-state index in [4.69, 9.17) is 9.84 Å². The molecule has 1 aliphatic heterocycles. The number of allylic oxidation sites excluding steroid dienone is 2. The van der Waals surface area contributed by atoms with Gasteiger partial charge in [-0.25, -0.2) is 0 Å². The lowest BCUT2D eigenvalue weighted by Gasteiger charge is -2.32. The molecule has 0 amide bonds. The highest BCUT2D eigenvalue weighted by Crippen LogP contribution is 2.27. The first-order valence-corrected chi connectivity index (χ1v) is 9.54. The third-order valence-electron chi connectivity index (χ3n) is 4.52. The molecule has 0 aromatic carbocycles. The maximum Gasteiger partial charge on any atom is 0.309 e. The Morgan fingerprint density at radius 3 is 2.77 bits per heavy atom. The van der Waals surface area contributed by atoms with Gasteiger partial charge in [0.15, 0.2) is 0 Å². The van der Waals surface area contributed by atoms with Crippen LogP contribution in [0.15, 0.2) is 24.3 Å². The molecule has 0 unspecified atom stereocenters. The van der Waals surface area contributed by atoms with Crippen LogP contribution in [0, 0.1) is 5.92 Å². The zero-order valence-electron chi connectivity index (χ0n) is 15.5. The van der Waals surface area contributed by atoms with E-state index in [9.17, 15) is 19.8 Å². The minimum atomic E-state index is -0.810. The van der Waals surface area contributed by atoms with Gasteiger partial charge in [-0.15, -0.1) is 0 Å². The van der Waals surface area contributed by atoms with Crippen LogP contribution in [0.25, 0.3) is 0 Å². The van der Waals surface area contributed by atoms with Crippen molar-refractivity contribution >= 4 is 11.9 Å². The topological polar surface area (TPSA) is 104 Å². The van der Waals surface area contributed by atoms with E-state index in [0.29, 0.717) is 25.7 Å². The van der Waals surface area contributed by atoms with E-state index in [1.165, 1.54) is 0 Å². The molecular formula is C20H32O6. The number of unbranched alkanes of at least 4 members (excludes halogenated alkanes) is 3. The molecule has 3 N–H and O–H groups in total. The van der Waals surface area contributed by atoms with Crippen LogP contribution in [0.1, 0.15) is 64.7 Å². The molecule has 0 radical (unpaired) electrons. The summed E-state index contributed by atoms with van der Waals surface area (Å²) < 4.78 is 5.35. The number of cyclic esters (lactones) is 1. The van der Waals surface area contributed by atoms with E-state index in [1.54, 1.807) is 12.2 Å². The summed E-state index contributed by atoms with van der Waals surface area (Å²) in [5.74, 6) is -1.51. The Morgan fingerprint density at radius 2 is 2.08 bits per heavy atom. The van der Waals surface area contributed by atoms with Crippen LogP contribution < -0.4 is 0 Å². The molecule has 0 spiro atoms. The highest BCUT2D eigenvalue weighted by atomic mass is 16.5. The Balaban J connectivity index is 2.54. The van der Waals surface area contributed by atoms with Crippen LogP contribution >= 0.6 is 0 Å². The van der Waals surface area contributed by atoms with Crippen molar-refractivity contribution in [2.75, 3.05) is 0 Å². The lowest BCUT2D eigenvalue weighted by molar-refractivity contribution is -0.163. The molecule has 0 aromatic heterocycles. The molecule has 1 saturated heterocycles. The van der Waals surface area contributed by atoms with Crippen LogP contribution in [0.5, 0.6) is 0 Å². The van der Waals surface area contributed by atoms with Crippen molar-refractivity contribution in [3.63, 3.8) is 0 Å². The quantitative estimate of drug-likeness (QED) is 0.278.